The molecule has 0 aromatic carbocycles. The molecule has 0 unspecified atom stereocenters. The summed E-state index contributed by atoms with van der Waals surface area (Å²) in [6.07, 6.45) is 3.03. The number of carbonyl (C=O) groups excluding carboxylic acids is 2. The number of nitrogens with zero attached hydrogens (tertiary/aromatic N) is 4. The zero-order valence-electron chi connectivity index (χ0n) is 16.4. The Kier molecular flexibility index (Phi) is 4.65. The smallest absolute Gasteiger partial charge is 0.338 e. The number of carbonyl (C=O) groups is 2. The van der Waals surface area contributed by atoms with Crippen molar-refractivity contribution in [3.8, 4) is 0 Å². The Morgan fingerprint density at radius 3 is 2.46 bits per heavy atom. The highest BCUT2D eigenvalue weighted by Crippen LogP contribution is 2.39. The maximum atomic E-state index is 13.1. The quantitative estimate of drug-likeness (QED) is 0.824. The Balaban J connectivity index is 1.47. The number of aryl methyl sites for hydroxylation is 3. The highest BCUT2D eigenvalue weighted by atomic mass is 32.1. The molecule has 1 N–H and O–H groups in total. The fraction of sp³-hybridized carbons (Fsp3) is 0.579. The molecule has 9 heteroatoms. The first-order valence-electron chi connectivity index (χ1n) is 9.57. The number of rotatable bonds is 2. The maximum absolute atomic E-state index is 13.1. The first-order chi connectivity index (χ1) is 13.3. The monoisotopic (exact) mass is 403 g/mol. The molecule has 1 spiro atoms. The molecular weight excluding hydrogens is 378 g/mol. The average Bonchev–Trinajstić information content (AvgIpc) is 3.03. The van der Waals surface area contributed by atoms with E-state index in [4.69, 9.17) is 0 Å². The van der Waals surface area contributed by atoms with Gasteiger partial charge in [0.2, 0.25) is 5.82 Å². The Morgan fingerprint density at radius 1 is 1.14 bits per heavy atom. The van der Waals surface area contributed by atoms with Crippen LogP contribution < -0.4 is 5.69 Å². The topological polar surface area (TPSA) is 91.3 Å². The molecule has 4 rings (SSSR count). The highest BCUT2D eigenvalue weighted by Gasteiger charge is 2.48. The molecule has 2 amide bonds. The number of H-pyrrole nitrogens is 1. The van der Waals surface area contributed by atoms with Gasteiger partial charge in [0.25, 0.3) is 11.8 Å². The molecule has 4 heterocycles. The van der Waals surface area contributed by atoms with Crippen LogP contribution in [0.3, 0.4) is 0 Å². The van der Waals surface area contributed by atoms with Crippen LogP contribution in [0.15, 0.2) is 10.9 Å². The van der Waals surface area contributed by atoms with Crippen molar-refractivity contribution < 1.29 is 9.59 Å². The van der Waals surface area contributed by atoms with E-state index in [9.17, 15) is 14.4 Å². The van der Waals surface area contributed by atoms with Crippen molar-refractivity contribution >= 4 is 23.2 Å². The summed E-state index contributed by atoms with van der Waals surface area (Å²) in [5, 5.41) is 3.95. The lowest BCUT2D eigenvalue weighted by Crippen LogP contribution is -2.62. The van der Waals surface area contributed by atoms with Crippen LogP contribution in [-0.4, -0.2) is 62.6 Å². The number of likely N-dealkylation sites (tertiary alicyclic amines) is 2. The summed E-state index contributed by atoms with van der Waals surface area (Å²) in [4.78, 5) is 45.6. The average molecular weight is 404 g/mol. The second-order valence-corrected chi connectivity index (χ2v) is 9.53. The van der Waals surface area contributed by atoms with Crippen molar-refractivity contribution in [2.24, 2.45) is 12.5 Å². The molecule has 8 nitrogen and oxygen atoms in total. The summed E-state index contributed by atoms with van der Waals surface area (Å²) in [5.41, 5.74) is 0.347. The summed E-state index contributed by atoms with van der Waals surface area (Å²) < 4.78 is 1.13. The van der Waals surface area contributed by atoms with Crippen molar-refractivity contribution in [1.29, 1.82) is 0 Å². The van der Waals surface area contributed by atoms with Crippen LogP contribution in [0.2, 0.25) is 0 Å². The zero-order valence-corrected chi connectivity index (χ0v) is 17.3. The van der Waals surface area contributed by atoms with Crippen LogP contribution in [0.1, 0.15) is 50.0 Å². The van der Waals surface area contributed by atoms with E-state index < -0.39 is 5.69 Å². The van der Waals surface area contributed by atoms with Crippen molar-refractivity contribution in [3.63, 3.8) is 0 Å². The largest absolute Gasteiger partial charge is 0.343 e. The second-order valence-electron chi connectivity index (χ2n) is 8.07. The molecule has 2 aromatic rings. The minimum Gasteiger partial charge on any atom is -0.338 e. The van der Waals surface area contributed by atoms with Crippen LogP contribution in [0, 0.1) is 19.3 Å². The molecule has 0 bridgehead atoms. The molecule has 0 saturated carbocycles. The molecule has 28 heavy (non-hydrogen) atoms. The Hall–Kier alpha value is -2.42. The number of hydrogen-bond donors (Lipinski definition) is 1. The molecule has 2 saturated heterocycles. The SMILES string of the molecule is Cc1cc(C(=O)N2CCCCC3(CN(C(=O)c4nn(C)c(=O)[nH]4)C3)C2)c(C)s1. The van der Waals surface area contributed by atoms with Crippen LogP contribution in [0.5, 0.6) is 0 Å². The summed E-state index contributed by atoms with van der Waals surface area (Å²) in [5.74, 6) is -0.0787. The minimum atomic E-state index is -0.397. The van der Waals surface area contributed by atoms with Crippen molar-refractivity contribution in [2.45, 2.75) is 33.1 Å². The summed E-state index contributed by atoms with van der Waals surface area (Å²) in [7, 11) is 1.51. The van der Waals surface area contributed by atoms with Gasteiger partial charge in [0.15, 0.2) is 0 Å². The Bertz CT molecular complexity index is 982. The van der Waals surface area contributed by atoms with Gasteiger partial charge in [-0.25, -0.2) is 9.48 Å². The van der Waals surface area contributed by atoms with E-state index in [0.717, 1.165) is 45.8 Å². The van der Waals surface area contributed by atoms with E-state index in [0.29, 0.717) is 19.6 Å². The predicted molar refractivity (Wildman–Crippen MR) is 106 cm³/mol. The molecule has 2 aliphatic heterocycles. The number of nitrogens with one attached hydrogen (secondary N) is 1. The number of hydrogen-bond acceptors (Lipinski definition) is 5. The summed E-state index contributed by atoms with van der Waals surface area (Å²) >= 11 is 1.65. The van der Waals surface area contributed by atoms with Gasteiger partial charge in [-0.05, 0) is 32.8 Å². The minimum absolute atomic E-state index is 0.0597. The van der Waals surface area contributed by atoms with Gasteiger partial charge in [0, 0.05) is 48.4 Å². The van der Waals surface area contributed by atoms with Gasteiger partial charge >= 0.3 is 5.69 Å². The lowest BCUT2D eigenvalue weighted by Gasteiger charge is -2.51. The first kappa shape index (κ1) is 18.9. The number of aromatic amines is 1. The van der Waals surface area contributed by atoms with E-state index >= 15 is 0 Å². The predicted octanol–water partition coefficient (Wildman–Crippen LogP) is 1.56. The van der Waals surface area contributed by atoms with Gasteiger partial charge in [-0.3, -0.25) is 14.6 Å². The van der Waals surface area contributed by atoms with Crippen LogP contribution in [-0.2, 0) is 7.05 Å². The molecule has 150 valence electrons. The van der Waals surface area contributed by atoms with E-state index in [1.807, 2.05) is 24.8 Å². The van der Waals surface area contributed by atoms with Crippen LogP contribution in [0.4, 0.5) is 0 Å². The normalized spacial score (nSPS) is 18.8. The van der Waals surface area contributed by atoms with Gasteiger partial charge in [0.05, 0.1) is 5.56 Å². The van der Waals surface area contributed by atoms with E-state index in [-0.39, 0.29) is 23.1 Å². The Labute approximate surface area is 167 Å². The number of thiophene rings is 1. The van der Waals surface area contributed by atoms with Gasteiger partial charge in [0.1, 0.15) is 0 Å². The van der Waals surface area contributed by atoms with Crippen molar-refractivity contribution in [1.82, 2.24) is 24.6 Å². The molecule has 0 aliphatic carbocycles. The standard InChI is InChI=1S/C19H25N5O3S/c1-12-8-14(13(2)28-12)16(25)23-7-5-4-6-19(9-23)10-24(11-19)17(26)15-20-18(27)22(3)21-15/h8H,4-7,9-11H2,1-3H3,(H,20,21,27). The second kappa shape index (κ2) is 6.88. The summed E-state index contributed by atoms with van der Waals surface area (Å²) in [6.45, 7) is 6.64. The Morgan fingerprint density at radius 2 is 1.86 bits per heavy atom. The lowest BCUT2D eigenvalue weighted by molar-refractivity contribution is -0.0117. The van der Waals surface area contributed by atoms with E-state index in [1.165, 1.54) is 7.05 Å². The van der Waals surface area contributed by atoms with Crippen LogP contribution >= 0.6 is 11.3 Å². The first-order valence-corrected chi connectivity index (χ1v) is 10.4. The van der Waals surface area contributed by atoms with Crippen LogP contribution in [0.25, 0.3) is 0 Å². The van der Waals surface area contributed by atoms with Crippen molar-refractivity contribution in [2.75, 3.05) is 26.2 Å². The molecule has 0 atom stereocenters. The molecule has 2 fully saturated rings. The molecule has 0 radical (unpaired) electrons. The molecule has 2 aromatic heterocycles. The highest BCUT2D eigenvalue weighted by molar-refractivity contribution is 7.12. The van der Waals surface area contributed by atoms with Crippen molar-refractivity contribution in [3.05, 3.63) is 37.7 Å². The maximum Gasteiger partial charge on any atom is 0.343 e. The molecular formula is C19H25N5O3S. The lowest BCUT2D eigenvalue weighted by atomic mass is 9.75. The fourth-order valence-electron chi connectivity index (χ4n) is 4.37. The van der Waals surface area contributed by atoms with Gasteiger partial charge in [-0.1, -0.05) is 6.42 Å². The third kappa shape index (κ3) is 3.28. The van der Waals surface area contributed by atoms with Gasteiger partial charge in [-0.15, -0.1) is 16.4 Å². The number of aromatic nitrogens is 3. The third-order valence-corrected chi connectivity index (χ3v) is 6.75. The third-order valence-electron chi connectivity index (χ3n) is 5.78. The van der Waals surface area contributed by atoms with E-state index in [2.05, 4.69) is 10.1 Å². The molecule has 2 aliphatic rings. The zero-order chi connectivity index (χ0) is 20.1. The fourth-order valence-corrected chi connectivity index (χ4v) is 5.28. The van der Waals surface area contributed by atoms with E-state index in [1.54, 1.807) is 16.2 Å². The van der Waals surface area contributed by atoms with Gasteiger partial charge < -0.3 is 9.80 Å². The summed E-state index contributed by atoms with van der Waals surface area (Å²) in [6, 6.07) is 1.98. The number of amides is 2. The van der Waals surface area contributed by atoms with Gasteiger partial charge in [-0.2, -0.15) is 0 Å².